The number of rotatable bonds is 3. The zero-order chi connectivity index (χ0) is 17.2. The molecule has 3 rings (SSSR count). The molecule has 1 unspecified atom stereocenters. The molecule has 1 heterocycles. The second kappa shape index (κ2) is 6.98. The van der Waals surface area contributed by atoms with Crippen molar-refractivity contribution in [3.05, 3.63) is 46.9 Å². The molecule has 0 radical (unpaired) electrons. The molecule has 1 aliphatic heterocycles. The van der Waals surface area contributed by atoms with E-state index in [1.54, 1.807) is 6.08 Å². The zero-order valence-electron chi connectivity index (χ0n) is 13.6. The second-order valence-corrected chi connectivity index (χ2v) is 10.6. The largest absolute Gasteiger partial charge is 0.239 e. The molecule has 7 heteroatoms. The van der Waals surface area contributed by atoms with E-state index in [4.69, 9.17) is 0 Å². The van der Waals surface area contributed by atoms with Crippen LogP contribution in [-0.2, 0) is 19.9 Å². The van der Waals surface area contributed by atoms with E-state index < -0.39 is 25.9 Å². The molecule has 1 saturated heterocycles. The van der Waals surface area contributed by atoms with Gasteiger partial charge in [-0.15, -0.1) is 0 Å². The second-order valence-electron chi connectivity index (χ2n) is 6.43. The first-order valence-electron chi connectivity index (χ1n) is 8.36. The summed E-state index contributed by atoms with van der Waals surface area (Å²) in [5, 5.41) is 0. The summed E-state index contributed by atoms with van der Waals surface area (Å²) in [7, 11) is -6.89. The third-order valence-electron chi connectivity index (χ3n) is 4.67. The van der Waals surface area contributed by atoms with Gasteiger partial charge in [0.25, 0.3) is 0 Å². The number of hydrogen-bond acceptors (Lipinski definition) is 4. The molecule has 5 nitrogen and oxygen atoms in total. The molecule has 0 spiro atoms. The molecule has 1 aromatic carbocycles. The van der Waals surface area contributed by atoms with Crippen molar-refractivity contribution in [3.8, 4) is 0 Å². The van der Waals surface area contributed by atoms with Crippen LogP contribution < -0.4 is 0 Å². The van der Waals surface area contributed by atoms with Gasteiger partial charge in [-0.3, -0.25) is 0 Å². The van der Waals surface area contributed by atoms with E-state index in [1.165, 1.54) is 4.31 Å². The Labute approximate surface area is 144 Å². The number of nitrogens with zero attached hydrogens (tertiary/aromatic N) is 1. The fourth-order valence-corrected chi connectivity index (χ4v) is 7.04. The summed E-state index contributed by atoms with van der Waals surface area (Å²) >= 11 is 0. The molecule has 0 aromatic heterocycles. The van der Waals surface area contributed by atoms with Crippen LogP contribution in [-0.4, -0.2) is 39.2 Å². The van der Waals surface area contributed by atoms with E-state index in [-0.39, 0.29) is 18.1 Å². The van der Waals surface area contributed by atoms with Gasteiger partial charge in [0.05, 0.1) is 22.5 Å². The lowest BCUT2D eigenvalue weighted by Gasteiger charge is -2.30. The summed E-state index contributed by atoms with van der Waals surface area (Å²) in [4.78, 5) is 0.453. The minimum absolute atomic E-state index is 0.0431. The molecule has 2 aliphatic rings. The van der Waals surface area contributed by atoms with Gasteiger partial charge >= 0.3 is 0 Å². The van der Waals surface area contributed by atoms with Crippen LogP contribution in [0.1, 0.15) is 43.7 Å². The Morgan fingerprint density at radius 3 is 2.46 bits per heavy atom. The van der Waals surface area contributed by atoms with Crippen LogP contribution in [0.4, 0.5) is 0 Å². The molecule has 1 aromatic rings. The summed E-state index contributed by atoms with van der Waals surface area (Å²) < 4.78 is 52.3. The van der Waals surface area contributed by atoms with Crippen molar-refractivity contribution in [2.45, 2.75) is 38.1 Å². The first-order chi connectivity index (χ1) is 11.4. The van der Waals surface area contributed by atoms with Gasteiger partial charge in [0.2, 0.25) is 10.0 Å². The predicted molar refractivity (Wildman–Crippen MR) is 94.6 cm³/mol. The van der Waals surface area contributed by atoms with Gasteiger partial charge in [-0.2, -0.15) is 4.31 Å². The Morgan fingerprint density at radius 1 is 1.04 bits per heavy atom. The highest BCUT2D eigenvalue weighted by Crippen LogP contribution is 2.34. The summed E-state index contributed by atoms with van der Waals surface area (Å²) in [6, 6.07) is 8.45. The first kappa shape index (κ1) is 17.6. The zero-order valence-corrected chi connectivity index (χ0v) is 15.2. The molecular formula is C17H23NO4S2. The minimum atomic E-state index is -3.63. The normalized spacial score (nSPS) is 25.7. The summed E-state index contributed by atoms with van der Waals surface area (Å²) in [5.41, 5.74) is 0.739. The lowest BCUT2D eigenvalue weighted by atomic mass is 10.1. The monoisotopic (exact) mass is 369 g/mol. The molecule has 1 fully saturated rings. The maximum atomic E-state index is 13.2. The smallest absolute Gasteiger partial charge is 0.229 e. The van der Waals surface area contributed by atoms with E-state index in [0.717, 1.165) is 24.8 Å². The maximum absolute atomic E-state index is 13.2. The number of allylic oxidation sites excluding steroid dienone is 2. The molecule has 1 atom stereocenters. The average molecular weight is 370 g/mol. The summed E-state index contributed by atoms with van der Waals surface area (Å²) in [6.07, 6.45) is 5.35. The molecule has 0 amide bonds. The molecule has 24 heavy (non-hydrogen) atoms. The molecule has 0 bridgehead atoms. The highest BCUT2D eigenvalue weighted by Gasteiger charge is 2.38. The third kappa shape index (κ3) is 3.73. The molecule has 1 aliphatic carbocycles. The van der Waals surface area contributed by atoms with Gasteiger partial charge in [-0.25, -0.2) is 16.8 Å². The van der Waals surface area contributed by atoms with E-state index in [9.17, 15) is 16.8 Å². The van der Waals surface area contributed by atoms with E-state index in [1.807, 2.05) is 30.3 Å². The van der Waals surface area contributed by atoms with Crippen LogP contribution in [0.5, 0.6) is 0 Å². The molecule has 132 valence electrons. The molecule has 0 N–H and O–H groups in total. The van der Waals surface area contributed by atoms with Gasteiger partial charge in [0, 0.05) is 6.54 Å². The van der Waals surface area contributed by atoms with Crippen LogP contribution in [0.2, 0.25) is 0 Å². The quantitative estimate of drug-likeness (QED) is 0.821. The first-order valence-corrected chi connectivity index (χ1v) is 11.6. The van der Waals surface area contributed by atoms with E-state index in [0.29, 0.717) is 17.7 Å². The standard InChI is InChI=1S/C17H23NO4S2/c19-23(20)13-7-12-18(17(14-23)15-8-3-1-4-9-15)24(21,22)16-10-5-2-6-11-16/h1,3-4,8-10,17H,2,5-7,11-14H2. The Morgan fingerprint density at radius 2 is 1.79 bits per heavy atom. The van der Waals surface area contributed by atoms with Crippen LogP contribution >= 0.6 is 0 Å². The van der Waals surface area contributed by atoms with Crippen LogP contribution in [0, 0.1) is 0 Å². The van der Waals surface area contributed by atoms with Crippen molar-refractivity contribution >= 4 is 19.9 Å². The van der Waals surface area contributed by atoms with Gasteiger partial charge in [-0.05, 0) is 37.7 Å². The minimum Gasteiger partial charge on any atom is -0.229 e. The van der Waals surface area contributed by atoms with Crippen LogP contribution in [0.3, 0.4) is 0 Å². The summed E-state index contributed by atoms with van der Waals surface area (Å²) in [5.74, 6) is -0.106. The van der Waals surface area contributed by atoms with Crippen molar-refractivity contribution in [3.63, 3.8) is 0 Å². The number of sulfonamides is 1. The fraction of sp³-hybridized carbons (Fsp3) is 0.529. The Balaban J connectivity index is 2.04. The SMILES string of the molecule is O=S1(=O)CCCN(S(=O)(=O)C2=CCCCC2)C(c2ccccc2)C1. The third-order valence-corrected chi connectivity index (χ3v) is 8.49. The Hall–Kier alpha value is -1.18. The van der Waals surface area contributed by atoms with Gasteiger partial charge in [0.15, 0.2) is 9.84 Å². The fourth-order valence-electron chi connectivity index (χ4n) is 3.42. The lowest BCUT2D eigenvalue weighted by Crippen LogP contribution is -2.37. The van der Waals surface area contributed by atoms with E-state index >= 15 is 0 Å². The van der Waals surface area contributed by atoms with Crippen molar-refractivity contribution in [2.75, 3.05) is 18.1 Å². The average Bonchev–Trinajstić information content (AvgIpc) is 2.75. The molecular weight excluding hydrogens is 346 g/mol. The number of sulfone groups is 1. The number of hydrogen-bond donors (Lipinski definition) is 0. The highest BCUT2D eigenvalue weighted by atomic mass is 32.2. The predicted octanol–water partition coefficient (Wildman–Crippen LogP) is 2.64. The lowest BCUT2D eigenvalue weighted by molar-refractivity contribution is 0.353. The highest BCUT2D eigenvalue weighted by molar-refractivity contribution is 7.93. The Bertz CT molecular complexity index is 813. The molecule has 0 saturated carbocycles. The maximum Gasteiger partial charge on any atom is 0.239 e. The van der Waals surface area contributed by atoms with Gasteiger partial charge in [0.1, 0.15) is 0 Å². The van der Waals surface area contributed by atoms with Crippen molar-refractivity contribution in [2.24, 2.45) is 0 Å². The number of benzene rings is 1. The van der Waals surface area contributed by atoms with Crippen molar-refractivity contribution in [1.82, 2.24) is 4.31 Å². The van der Waals surface area contributed by atoms with Gasteiger partial charge in [-0.1, -0.05) is 36.4 Å². The van der Waals surface area contributed by atoms with Crippen LogP contribution in [0.25, 0.3) is 0 Å². The summed E-state index contributed by atoms with van der Waals surface area (Å²) in [6.45, 7) is 0.248. The van der Waals surface area contributed by atoms with Crippen molar-refractivity contribution in [1.29, 1.82) is 0 Å². The van der Waals surface area contributed by atoms with E-state index in [2.05, 4.69) is 0 Å². The van der Waals surface area contributed by atoms with Gasteiger partial charge < -0.3 is 0 Å². The topological polar surface area (TPSA) is 71.5 Å². The van der Waals surface area contributed by atoms with Crippen LogP contribution in [0.15, 0.2) is 41.3 Å². The Kier molecular flexibility index (Phi) is 5.13. The van der Waals surface area contributed by atoms with Crippen molar-refractivity contribution < 1.29 is 16.8 Å².